The van der Waals surface area contributed by atoms with Gasteiger partial charge in [-0.3, -0.25) is 0 Å². The van der Waals surface area contributed by atoms with Crippen molar-refractivity contribution < 1.29 is 13.2 Å². The molecule has 0 fully saturated rings. The van der Waals surface area contributed by atoms with Crippen molar-refractivity contribution in [2.45, 2.75) is 4.90 Å². The van der Waals surface area contributed by atoms with Gasteiger partial charge in [-0.2, -0.15) is 0 Å². The molecule has 0 heterocycles. The normalized spacial score (nSPS) is 11.9. The molecule has 1 aromatic carbocycles. The fourth-order valence-electron chi connectivity index (χ4n) is 1.53. The van der Waals surface area contributed by atoms with Gasteiger partial charge in [0.1, 0.15) is 4.90 Å². The Labute approximate surface area is 114 Å². The van der Waals surface area contributed by atoms with Crippen LogP contribution in [0.15, 0.2) is 29.2 Å². The van der Waals surface area contributed by atoms with Crippen molar-refractivity contribution in [3.05, 3.63) is 24.3 Å². The number of hydrogen-bond donors (Lipinski definition) is 2. The molecule has 108 valence electrons. The number of nitrogen functional groups attached to an aromatic ring is 1. The number of sulfonamides is 1. The highest BCUT2D eigenvalue weighted by atomic mass is 32.2. The maximum absolute atomic E-state index is 12.0. The number of hydrogen-bond acceptors (Lipinski definition) is 5. The number of ether oxygens (including phenoxy) is 1. The van der Waals surface area contributed by atoms with E-state index in [1.807, 2.05) is 11.9 Å². The third-order valence-corrected chi connectivity index (χ3v) is 4.21. The zero-order valence-electron chi connectivity index (χ0n) is 11.3. The quantitative estimate of drug-likeness (QED) is 0.664. The summed E-state index contributed by atoms with van der Waals surface area (Å²) in [6, 6.07) is 6.41. The number of benzene rings is 1. The van der Waals surface area contributed by atoms with E-state index in [1.54, 1.807) is 25.3 Å². The molecule has 0 aliphatic carbocycles. The van der Waals surface area contributed by atoms with E-state index in [0.29, 0.717) is 19.7 Å². The van der Waals surface area contributed by atoms with Crippen LogP contribution in [0, 0.1) is 0 Å². The molecule has 6 nitrogen and oxygen atoms in total. The summed E-state index contributed by atoms with van der Waals surface area (Å²) in [6.07, 6.45) is 0. The monoisotopic (exact) mass is 287 g/mol. The van der Waals surface area contributed by atoms with Gasteiger partial charge in [0.2, 0.25) is 10.0 Å². The molecule has 0 amide bonds. The number of nitrogens with one attached hydrogen (secondary N) is 1. The Balaban J connectivity index is 2.51. The van der Waals surface area contributed by atoms with E-state index in [0.717, 1.165) is 6.54 Å². The zero-order valence-corrected chi connectivity index (χ0v) is 12.1. The number of para-hydroxylation sites is 1. The van der Waals surface area contributed by atoms with Crippen LogP contribution in [0.4, 0.5) is 5.69 Å². The summed E-state index contributed by atoms with van der Waals surface area (Å²) in [5.41, 5.74) is 5.91. The first kappa shape index (κ1) is 15.9. The van der Waals surface area contributed by atoms with Crippen molar-refractivity contribution in [3.8, 4) is 0 Å². The number of nitrogens with two attached hydrogens (primary N) is 1. The van der Waals surface area contributed by atoms with Crippen LogP contribution in [0.3, 0.4) is 0 Å². The standard InChI is InChI=1S/C12H21N3O3S/c1-15(9-10-18-2)8-7-14-19(16,17)12-6-4-3-5-11(12)13/h3-6,14H,7-10,13H2,1-2H3. The lowest BCUT2D eigenvalue weighted by Crippen LogP contribution is -2.34. The summed E-state index contributed by atoms with van der Waals surface area (Å²) < 4.78 is 31.5. The number of methoxy groups -OCH3 is 1. The molecule has 0 saturated heterocycles. The second-order valence-electron chi connectivity index (χ2n) is 4.23. The second kappa shape index (κ2) is 7.44. The Kier molecular flexibility index (Phi) is 6.23. The van der Waals surface area contributed by atoms with E-state index in [9.17, 15) is 8.42 Å². The summed E-state index contributed by atoms with van der Waals surface area (Å²) in [7, 11) is 0.000560. The maximum atomic E-state index is 12.0. The third kappa shape index (κ3) is 5.15. The molecule has 0 spiro atoms. The first-order valence-electron chi connectivity index (χ1n) is 5.99. The first-order valence-corrected chi connectivity index (χ1v) is 7.47. The summed E-state index contributed by atoms with van der Waals surface area (Å²) in [4.78, 5) is 2.11. The molecule has 0 aliphatic rings. The third-order valence-electron chi connectivity index (χ3n) is 2.67. The predicted octanol–water partition coefficient (Wildman–Crippen LogP) is 0.125. The van der Waals surface area contributed by atoms with E-state index in [1.165, 1.54) is 6.07 Å². The van der Waals surface area contributed by atoms with Gasteiger partial charge in [-0.1, -0.05) is 12.1 Å². The predicted molar refractivity (Wildman–Crippen MR) is 75.4 cm³/mol. The number of rotatable bonds is 8. The fraction of sp³-hybridized carbons (Fsp3) is 0.500. The lowest BCUT2D eigenvalue weighted by Gasteiger charge is -2.16. The van der Waals surface area contributed by atoms with Gasteiger partial charge >= 0.3 is 0 Å². The molecule has 3 N–H and O–H groups in total. The minimum atomic E-state index is -3.54. The summed E-state index contributed by atoms with van der Waals surface area (Å²) in [5, 5.41) is 0. The SMILES string of the molecule is COCCN(C)CCNS(=O)(=O)c1ccccc1N. The van der Waals surface area contributed by atoms with Gasteiger partial charge in [0.15, 0.2) is 0 Å². The molecule has 0 unspecified atom stereocenters. The van der Waals surface area contributed by atoms with Gasteiger partial charge in [0.25, 0.3) is 0 Å². The smallest absolute Gasteiger partial charge is 0.242 e. The average molecular weight is 287 g/mol. The van der Waals surface area contributed by atoms with Gasteiger partial charge in [-0.25, -0.2) is 13.1 Å². The van der Waals surface area contributed by atoms with Crippen molar-refractivity contribution in [1.82, 2.24) is 9.62 Å². The van der Waals surface area contributed by atoms with E-state index < -0.39 is 10.0 Å². The zero-order chi connectivity index (χ0) is 14.3. The molecule has 7 heteroatoms. The van der Waals surface area contributed by atoms with Crippen LogP contribution in [0.2, 0.25) is 0 Å². The first-order chi connectivity index (χ1) is 8.97. The summed E-state index contributed by atoms with van der Waals surface area (Å²) in [5.74, 6) is 0. The molecule has 0 bridgehead atoms. The van der Waals surface area contributed by atoms with Crippen molar-refractivity contribution in [3.63, 3.8) is 0 Å². The summed E-state index contributed by atoms with van der Waals surface area (Å²) >= 11 is 0. The molecule has 1 rings (SSSR count). The van der Waals surface area contributed by atoms with Crippen LogP contribution >= 0.6 is 0 Å². The Hall–Kier alpha value is -1.15. The molecular formula is C12H21N3O3S. The van der Waals surface area contributed by atoms with Gasteiger partial charge in [0, 0.05) is 26.7 Å². The van der Waals surface area contributed by atoms with Gasteiger partial charge < -0.3 is 15.4 Å². The second-order valence-corrected chi connectivity index (χ2v) is 5.97. The van der Waals surface area contributed by atoms with Crippen molar-refractivity contribution in [2.75, 3.05) is 46.1 Å². The van der Waals surface area contributed by atoms with Crippen LogP contribution in [-0.4, -0.2) is 53.7 Å². The van der Waals surface area contributed by atoms with Crippen LogP contribution in [0.25, 0.3) is 0 Å². The molecule has 0 aliphatic heterocycles. The van der Waals surface area contributed by atoms with E-state index in [-0.39, 0.29) is 10.6 Å². The number of anilines is 1. The van der Waals surface area contributed by atoms with Crippen molar-refractivity contribution in [2.24, 2.45) is 0 Å². The molecule has 0 aromatic heterocycles. The Morgan fingerprint density at radius 1 is 1.32 bits per heavy atom. The Morgan fingerprint density at radius 3 is 2.63 bits per heavy atom. The minimum Gasteiger partial charge on any atom is -0.398 e. The average Bonchev–Trinajstić information content (AvgIpc) is 2.36. The van der Waals surface area contributed by atoms with Crippen molar-refractivity contribution >= 4 is 15.7 Å². The van der Waals surface area contributed by atoms with Crippen LogP contribution < -0.4 is 10.5 Å². The lowest BCUT2D eigenvalue weighted by molar-refractivity contribution is 0.162. The van der Waals surface area contributed by atoms with E-state index >= 15 is 0 Å². The topological polar surface area (TPSA) is 84.7 Å². The molecule has 19 heavy (non-hydrogen) atoms. The lowest BCUT2D eigenvalue weighted by atomic mass is 10.3. The largest absolute Gasteiger partial charge is 0.398 e. The minimum absolute atomic E-state index is 0.120. The van der Waals surface area contributed by atoms with E-state index in [2.05, 4.69) is 4.72 Å². The Morgan fingerprint density at radius 2 is 2.00 bits per heavy atom. The molecule has 0 saturated carbocycles. The van der Waals surface area contributed by atoms with Crippen LogP contribution in [-0.2, 0) is 14.8 Å². The van der Waals surface area contributed by atoms with Crippen molar-refractivity contribution in [1.29, 1.82) is 0 Å². The van der Waals surface area contributed by atoms with Gasteiger partial charge in [-0.15, -0.1) is 0 Å². The highest BCUT2D eigenvalue weighted by Gasteiger charge is 2.16. The van der Waals surface area contributed by atoms with Crippen LogP contribution in [0.5, 0.6) is 0 Å². The fourth-order valence-corrected chi connectivity index (χ4v) is 2.68. The number of likely N-dealkylation sites (N-methyl/N-ethyl adjacent to an activating group) is 1. The highest BCUT2D eigenvalue weighted by molar-refractivity contribution is 7.89. The molecule has 1 aromatic rings. The molecule has 0 atom stereocenters. The van der Waals surface area contributed by atoms with Gasteiger partial charge in [-0.05, 0) is 19.2 Å². The maximum Gasteiger partial charge on any atom is 0.242 e. The van der Waals surface area contributed by atoms with Gasteiger partial charge in [0.05, 0.1) is 12.3 Å². The number of nitrogens with zero attached hydrogens (tertiary/aromatic N) is 1. The van der Waals surface area contributed by atoms with E-state index in [4.69, 9.17) is 10.5 Å². The molecular weight excluding hydrogens is 266 g/mol. The highest BCUT2D eigenvalue weighted by Crippen LogP contribution is 2.16. The summed E-state index contributed by atoms with van der Waals surface area (Å²) in [6.45, 7) is 2.31. The Bertz CT molecular complexity index is 491. The van der Waals surface area contributed by atoms with Crippen LogP contribution in [0.1, 0.15) is 0 Å². The molecule has 0 radical (unpaired) electrons.